The Bertz CT molecular complexity index is 703. The van der Waals surface area contributed by atoms with Gasteiger partial charge in [0.05, 0.1) is 11.1 Å². The Balaban J connectivity index is 2.22. The van der Waals surface area contributed by atoms with Crippen LogP contribution in [-0.2, 0) is 10.0 Å². The molecule has 0 aliphatic carbocycles. The monoisotopic (exact) mass is 336 g/mol. The molecule has 2 aromatic rings. The van der Waals surface area contributed by atoms with Crippen molar-refractivity contribution >= 4 is 27.5 Å². The van der Waals surface area contributed by atoms with Crippen LogP contribution in [0.25, 0.3) is 0 Å². The van der Waals surface area contributed by atoms with Gasteiger partial charge < -0.3 is 5.32 Å². The largest absolute Gasteiger partial charge is 0.372 e. The second kappa shape index (κ2) is 7.67. The molecule has 0 radical (unpaired) electrons. The van der Waals surface area contributed by atoms with Crippen LogP contribution < -0.4 is 10.5 Å². The van der Waals surface area contributed by atoms with Crippen molar-refractivity contribution in [3.05, 3.63) is 54.6 Å². The lowest BCUT2D eigenvalue weighted by molar-refractivity contribution is 0.598. The summed E-state index contributed by atoms with van der Waals surface area (Å²) >= 11 is 1.68. The number of hydrogen-bond acceptors (Lipinski definition) is 4. The van der Waals surface area contributed by atoms with E-state index in [0.717, 1.165) is 17.7 Å². The Morgan fingerprint density at radius 3 is 2.36 bits per heavy atom. The van der Waals surface area contributed by atoms with Crippen LogP contribution in [0.15, 0.2) is 64.4 Å². The van der Waals surface area contributed by atoms with Crippen LogP contribution in [0.3, 0.4) is 0 Å². The first kappa shape index (κ1) is 16.9. The second-order valence-electron chi connectivity index (χ2n) is 4.89. The van der Waals surface area contributed by atoms with Gasteiger partial charge in [0, 0.05) is 4.90 Å². The van der Waals surface area contributed by atoms with Crippen LogP contribution >= 0.6 is 11.8 Å². The van der Waals surface area contributed by atoms with Gasteiger partial charge in [-0.3, -0.25) is 0 Å². The van der Waals surface area contributed by atoms with Gasteiger partial charge in [0.25, 0.3) is 0 Å². The van der Waals surface area contributed by atoms with E-state index < -0.39 is 10.0 Å². The first-order valence-electron chi connectivity index (χ1n) is 7.11. The van der Waals surface area contributed by atoms with E-state index in [1.54, 1.807) is 30.0 Å². The van der Waals surface area contributed by atoms with Crippen LogP contribution in [-0.4, -0.2) is 13.8 Å². The smallest absolute Gasteiger partial charge is 0.240 e. The second-order valence-corrected chi connectivity index (χ2v) is 7.70. The summed E-state index contributed by atoms with van der Waals surface area (Å²) in [5, 5.41) is 8.67. The predicted octanol–water partition coefficient (Wildman–Crippen LogP) is 3.66. The lowest BCUT2D eigenvalue weighted by Crippen LogP contribution is -2.19. The molecule has 0 saturated heterocycles. The molecule has 3 N–H and O–H groups in total. The van der Waals surface area contributed by atoms with E-state index in [0.29, 0.717) is 5.69 Å². The number of thioether (sulfide) groups is 1. The summed E-state index contributed by atoms with van der Waals surface area (Å²) in [6.07, 6.45) is 1.91. The molecular weight excluding hydrogens is 316 g/mol. The van der Waals surface area contributed by atoms with Gasteiger partial charge in [-0.2, -0.15) is 0 Å². The van der Waals surface area contributed by atoms with E-state index in [4.69, 9.17) is 5.14 Å². The van der Waals surface area contributed by atoms with E-state index in [9.17, 15) is 8.42 Å². The molecule has 6 heteroatoms. The zero-order valence-electron chi connectivity index (χ0n) is 12.4. The van der Waals surface area contributed by atoms with Gasteiger partial charge in [-0.05, 0) is 30.7 Å². The van der Waals surface area contributed by atoms with Crippen molar-refractivity contribution in [3.63, 3.8) is 0 Å². The third kappa shape index (κ3) is 4.76. The van der Waals surface area contributed by atoms with Gasteiger partial charge in [0.15, 0.2) is 0 Å². The molecule has 0 bridgehead atoms. The van der Waals surface area contributed by atoms with Crippen molar-refractivity contribution < 1.29 is 8.42 Å². The highest BCUT2D eigenvalue weighted by Gasteiger charge is 2.16. The Hall–Kier alpha value is -1.50. The highest BCUT2D eigenvalue weighted by molar-refractivity contribution is 8.00. The first-order valence-corrected chi connectivity index (χ1v) is 9.53. The number of nitrogens with two attached hydrogens (primary N) is 1. The zero-order valence-corrected chi connectivity index (χ0v) is 14.0. The number of hydrogen-bond donors (Lipinski definition) is 2. The highest BCUT2D eigenvalue weighted by Crippen LogP contribution is 2.29. The molecule has 2 aromatic carbocycles. The van der Waals surface area contributed by atoms with Crippen molar-refractivity contribution in [2.24, 2.45) is 5.14 Å². The number of rotatable bonds is 7. The maximum atomic E-state index is 11.7. The molecule has 0 saturated carbocycles. The summed E-state index contributed by atoms with van der Waals surface area (Å²) in [5.74, 6) is 0. The highest BCUT2D eigenvalue weighted by atomic mass is 32.2. The van der Waals surface area contributed by atoms with E-state index in [1.807, 2.05) is 30.3 Å². The van der Waals surface area contributed by atoms with Crippen molar-refractivity contribution in [1.29, 1.82) is 0 Å². The minimum atomic E-state index is -3.74. The van der Waals surface area contributed by atoms with E-state index in [2.05, 4.69) is 12.2 Å². The third-order valence-electron chi connectivity index (χ3n) is 3.08. The molecule has 2 rings (SSSR count). The van der Waals surface area contributed by atoms with Crippen LogP contribution in [0.1, 0.15) is 19.8 Å². The lowest BCUT2D eigenvalue weighted by Gasteiger charge is -2.20. The fourth-order valence-corrected chi connectivity index (χ4v) is 3.98. The maximum Gasteiger partial charge on any atom is 0.240 e. The Labute approximate surface area is 136 Å². The molecular formula is C16H20N2O2S2. The van der Waals surface area contributed by atoms with Crippen LogP contribution in [0.4, 0.5) is 5.69 Å². The molecule has 0 aliphatic heterocycles. The lowest BCUT2D eigenvalue weighted by atomic mass is 10.3. The molecule has 0 fully saturated rings. The molecule has 1 unspecified atom stereocenters. The van der Waals surface area contributed by atoms with Crippen LogP contribution in [0.2, 0.25) is 0 Å². The summed E-state index contributed by atoms with van der Waals surface area (Å²) in [5.41, 5.74) is 0.548. The molecule has 0 aliphatic rings. The fraction of sp³-hybridized carbons (Fsp3) is 0.250. The summed E-state index contributed by atoms with van der Waals surface area (Å²) in [7, 11) is -3.74. The first-order chi connectivity index (χ1) is 10.5. The Morgan fingerprint density at radius 2 is 1.73 bits per heavy atom. The molecule has 0 spiro atoms. The summed E-state index contributed by atoms with van der Waals surface area (Å²) in [4.78, 5) is 1.27. The number of anilines is 1. The van der Waals surface area contributed by atoms with Crippen LogP contribution in [0.5, 0.6) is 0 Å². The van der Waals surface area contributed by atoms with E-state index in [1.165, 1.54) is 6.07 Å². The van der Waals surface area contributed by atoms with Crippen molar-refractivity contribution in [2.75, 3.05) is 5.32 Å². The van der Waals surface area contributed by atoms with Crippen molar-refractivity contribution in [3.8, 4) is 0 Å². The average molecular weight is 336 g/mol. The quantitative estimate of drug-likeness (QED) is 0.598. The summed E-state index contributed by atoms with van der Waals surface area (Å²) in [6, 6.07) is 16.8. The van der Waals surface area contributed by atoms with E-state index in [-0.39, 0.29) is 10.3 Å². The number of nitrogens with one attached hydrogen (secondary N) is 1. The molecule has 0 aromatic heterocycles. The number of primary sulfonamides is 1. The molecule has 4 nitrogen and oxygen atoms in total. The molecule has 1 atom stereocenters. The van der Waals surface area contributed by atoms with Gasteiger partial charge in [-0.25, -0.2) is 13.6 Å². The van der Waals surface area contributed by atoms with Gasteiger partial charge in [0.1, 0.15) is 4.90 Å². The summed E-state index contributed by atoms with van der Waals surface area (Å²) in [6.45, 7) is 2.10. The Kier molecular flexibility index (Phi) is 5.88. The minimum absolute atomic E-state index is 0.0790. The standard InChI is InChI=1S/C16H20N2O2S2/c1-2-8-16(21-13-9-4-3-5-10-13)18-14-11-6-7-12-15(14)22(17,19)20/h3-7,9-12,16,18H,2,8H2,1H3,(H2,17,19,20). The number of benzene rings is 2. The third-order valence-corrected chi connectivity index (χ3v) is 5.23. The molecule has 0 heterocycles. The average Bonchev–Trinajstić information content (AvgIpc) is 2.48. The SMILES string of the molecule is CCCC(Nc1ccccc1S(N)(=O)=O)Sc1ccccc1. The van der Waals surface area contributed by atoms with Gasteiger partial charge >= 0.3 is 0 Å². The van der Waals surface area contributed by atoms with Crippen molar-refractivity contribution in [2.45, 2.75) is 34.9 Å². The van der Waals surface area contributed by atoms with Gasteiger partial charge in [-0.15, -0.1) is 11.8 Å². The molecule has 118 valence electrons. The predicted molar refractivity (Wildman–Crippen MR) is 92.4 cm³/mol. The Morgan fingerprint density at radius 1 is 1.09 bits per heavy atom. The topological polar surface area (TPSA) is 72.2 Å². The summed E-state index contributed by atoms with van der Waals surface area (Å²) < 4.78 is 23.4. The molecule has 22 heavy (non-hydrogen) atoms. The van der Waals surface area contributed by atoms with Gasteiger partial charge in [0.2, 0.25) is 10.0 Å². The zero-order chi connectivity index (χ0) is 16.0. The maximum absolute atomic E-state index is 11.7. The molecule has 0 amide bonds. The van der Waals surface area contributed by atoms with Gasteiger partial charge in [-0.1, -0.05) is 43.7 Å². The number of para-hydroxylation sites is 1. The fourth-order valence-electron chi connectivity index (χ4n) is 2.09. The normalized spacial score (nSPS) is 12.8. The van der Waals surface area contributed by atoms with Crippen molar-refractivity contribution in [1.82, 2.24) is 0 Å². The van der Waals surface area contributed by atoms with E-state index >= 15 is 0 Å². The van der Waals surface area contributed by atoms with Crippen LogP contribution in [0, 0.1) is 0 Å². The number of sulfonamides is 1. The minimum Gasteiger partial charge on any atom is -0.372 e.